The summed E-state index contributed by atoms with van der Waals surface area (Å²) >= 11 is 0. The molecule has 0 radical (unpaired) electrons. The Kier molecular flexibility index (Phi) is 6.21. The van der Waals surface area contributed by atoms with E-state index in [1.54, 1.807) is 0 Å². The predicted molar refractivity (Wildman–Crippen MR) is 112 cm³/mol. The van der Waals surface area contributed by atoms with Crippen molar-refractivity contribution in [2.75, 3.05) is 12.4 Å². The summed E-state index contributed by atoms with van der Waals surface area (Å²) in [7, 11) is 1.06. The average Bonchev–Trinajstić information content (AvgIpc) is 3.44. The highest BCUT2D eigenvalue weighted by Crippen LogP contribution is 2.55. The van der Waals surface area contributed by atoms with Crippen LogP contribution >= 0.6 is 0 Å². The van der Waals surface area contributed by atoms with Crippen LogP contribution in [-0.2, 0) is 9.53 Å². The number of carbonyl (C=O) groups is 1. The van der Waals surface area contributed by atoms with Crippen LogP contribution in [0.2, 0.25) is 0 Å². The fraction of sp³-hybridized carbons (Fsp3) is 0.364. The molecule has 2 aromatic heterocycles. The van der Waals surface area contributed by atoms with Gasteiger partial charge in [-0.3, -0.25) is 4.79 Å². The standard InChI is InChI=1S/C22H20F5N5O3/c1-11-16(13-5-6-14(23)17(24)18(13)34-3)19(35-21(11,2)22(25,26)27)20(33)31-12-4-7-15(29-8-12)32-10-28-9-30-32/h4-11,16,19H,1-3H3,(H,31,33)/t11-,16-,19+,21+/m0/s1. The van der Waals surface area contributed by atoms with Gasteiger partial charge >= 0.3 is 6.18 Å². The number of benzene rings is 1. The lowest BCUT2D eigenvalue weighted by atomic mass is 9.77. The highest BCUT2D eigenvalue weighted by atomic mass is 19.4. The zero-order valence-electron chi connectivity index (χ0n) is 18.7. The van der Waals surface area contributed by atoms with Gasteiger partial charge in [-0.25, -0.2) is 19.0 Å². The fourth-order valence-electron chi connectivity index (χ4n) is 4.18. The van der Waals surface area contributed by atoms with Gasteiger partial charge in [0.05, 0.1) is 19.0 Å². The van der Waals surface area contributed by atoms with E-state index in [0.717, 1.165) is 26.2 Å². The van der Waals surface area contributed by atoms with Crippen molar-refractivity contribution in [3.05, 3.63) is 60.3 Å². The largest absolute Gasteiger partial charge is 0.493 e. The lowest BCUT2D eigenvalue weighted by Crippen LogP contribution is -2.47. The van der Waals surface area contributed by atoms with Crippen molar-refractivity contribution >= 4 is 11.6 Å². The molecular formula is C22H20F5N5O3. The monoisotopic (exact) mass is 497 g/mol. The number of hydrogen-bond donors (Lipinski definition) is 1. The number of halogens is 5. The molecule has 0 unspecified atom stereocenters. The summed E-state index contributed by atoms with van der Waals surface area (Å²) in [6.45, 7) is 2.05. The highest BCUT2D eigenvalue weighted by molar-refractivity contribution is 5.95. The number of aromatic nitrogens is 4. The van der Waals surface area contributed by atoms with Crippen LogP contribution in [0.3, 0.4) is 0 Å². The van der Waals surface area contributed by atoms with Crippen molar-refractivity contribution in [3.63, 3.8) is 0 Å². The first-order chi connectivity index (χ1) is 16.5. The number of carbonyl (C=O) groups excluding carboxylic acids is 1. The third kappa shape index (κ3) is 4.20. The summed E-state index contributed by atoms with van der Waals surface area (Å²) in [5.74, 6) is -6.40. The summed E-state index contributed by atoms with van der Waals surface area (Å²) in [6.07, 6.45) is -2.56. The molecule has 1 N–H and O–H groups in total. The molecule has 0 spiro atoms. The molecule has 0 bridgehead atoms. The first-order valence-electron chi connectivity index (χ1n) is 10.4. The molecule has 0 saturated carbocycles. The van der Waals surface area contributed by atoms with E-state index in [4.69, 9.17) is 9.47 Å². The van der Waals surface area contributed by atoms with Crippen LogP contribution in [0.1, 0.15) is 25.3 Å². The summed E-state index contributed by atoms with van der Waals surface area (Å²) < 4.78 is 81.9. The number of nitrogens with one attached hydrogen (secondary N) is 1. The summed E-state index contributed by atoms with van der Waals surface area (Å²) in [5, 5.41) is 6.40. The van der Waals surface area contributed by atoms with Crippen molar-refractivity contribution in [3.8, 4) is 11.6 Å². The number of rotatable bonds is 5. The van der Waals surface area contributed by atoms with E-state index in [-0.39, 0.29) is 11.3 Å². The van der Waals surface area contributed by atoms with Crippen LogP contribution in [0, 0.1) is 17.6 Å². The average molecular weight is 497 g/mol. The Morgan fingerprint density at radius 1 is 1.23 bits per heavy atom. The van der Waals surface area contributed by atoms with E-state index in [1.807, 2.05) is 0 Å². The first-order valence-corrected chi connectivity index (χ1v) is 10.4. The van der Waals surface area contributed by atoms with Gasteiger partial charge in [0.15, 0.2) is 23.0 Å². The lowest BCUT2D eigenvalue weighted by Gasteiger charge is -2.32. The number of anilines is 1. The second-order valence-corrected chi connectivity index (χ2v) is 8.18. The maximum atomic E-state index is 14.4. The molecule has 1 aliphatic heterocycles. The van der Waals surface area contributed by atoms with Gasteiger partial charge in [0, 0.05) is 17.4 Å². The quantitative estimate of drug-likeness (QED) is 0.536. The summed E-state index contributed by atoms with van der Waals surface area (Å²) in [5.41, 5.74) is -2.69. The summed E-state index contributed by atoms with van der Waals surface area (Å²) in [6, 6.07) is 4.85. The van der Waals surface area contributed by atoms with Crippen molar-refractivity contribution in [2.45, 2.75) is 37.6 Å². The molecule has 1 aromatic carbocycles. The molecule has 4 rings (SSSR count). The number of amides is 1. The molecule has 1 fully saturated rings. The van der Waals surface area contributed by atoms with Gasteiger partial charge in [0.25, 0.3) is 5.91 Å². The SMILES string of the molecule is COc1c([C@H]2[C@H](C(=O)Nc3ccc(-n4cncn4)nc3)O[C@@](C)(C(F)(F)F)[C@H]2C)ccc(F)c1F. The van der Waals surface area contributed by atoms with Crippen LogP contribution < -0.4 is 10.1 Å². The Morgan fingerprint density at radius 2 is 1.97 bits per heavy atom. The van der Waals surface area contributed by atoms with Crippen LogP contribution in [0.4, 0.5) is 27.6 Å². The zero-order chi connectivity index (χ0) is 25.5. The minimum Gasteiger partial charge on any atom is -0.493 e. The van der Waals surface area contributed by atoms with Crippen molar-refractivity contribution in [1.82, 2.24) is 19.7 Å². The van der Waals surface area contributed by atoms with Gasteiger partial charge in [0.2, 0.25) is 5.82 Å². The van der Waals surface area contributed by atoms with E-state index >= 15 is 0 Å². The molecule has 0 aliphatic carbocycles. The molecule has 8 nitrogen and oxygen atoms in total. The second-order valence-electron chi connectivity index (χ2n) is 8.18. The van der Waals surface area contributed by atoms with Gasteiger partial charge in [-0.05, 0) is 25.1 Å². The molecule has 3 heterocycles. The van der Waals surface area contributed by atoms with E-state index in [1.165, 1.54) is 42.6 Å². The molecule has 13 heteroatoms. The number of pyridine rings is 1. The van der Waals surface area contributed by atoms with Crippen molar-refractivity contribution in [1.29, 1.82) is 0 Å². The Hall–Kier alpha value is -3.61. The van der Waals surface area contributed by atoms with Gasteiger partial charge < -0.3 is 14.8 Å². The van der Waals surface area contributed by atoms with Crippen molar-refractivity contribution < 1.29 is 36.2 Å². The Balaban J connectivity index is 1.69. The van der Waals surface area contributed by atoms with Crippen LogP contribution in [0.5, 0.6) is 5.75 Å². The van der Waals surface area contributed by atoms with Crippen LogP contribution in [-0.4, -0.2) is 50.6 Å². The normalized spacial score (nSPS) is 24.4. The van der Waals surface area contributed by atoms with E-state index in [2.05, 4.69) is 20.4 Å². The number of nitrogens with zero attached hydrogens (tertiary/aromatic N) is 4. The predicted octanol–water partition coefficient (Wildman–Crippen LogP) is 4.03. The van der Waals surface area contributed by atoms with Crippen molar-refractivity contribution in [2.24, 2.45) is 5.92 Å². The van der Waals surface area contributed by atoms with Crippen LogP contribution in [0.25, 0.3) is 5.82 Å². The third-order valence-corrected chi connectivity index (χ3v) is 6.24. The number of methoxy groups -OCH3 is 1. The van der Waals surface area contributed by atoms with Gasteiger partial charge in [-0.15, -0.1) is 0 Å². The topological polar surface area (TPSA) is 91.2 Å². The second kappa shape index (κ2) is 8.87. The molecule has 35 heavy (non-hydrogen) atoms. The molecule has 3 aromatic rings. The van der Waals surface area contributed by atoms with Gasteiger partial charge in [-0.2, -0.15) is 22.7 Å². The zero-order valence-corrected chi connectivity index (χ0v) is 18.7. The molecule has 4 atom stereocenters. The minimum absolute atomic E-state index is 0.119. The van der Waals surface area contributed by atoms with E-state index in [9.17, 15) is 26.7 Å². The Labute approximate surface area is 196 Å². The maximum Gasteiger partial charge on any atom is 0.417 e. The number of alkyl halides is 3. The lowest BCUT2D eigenvalue weighted by molar-refractivity contribution is -0.272. The third-order valence-electron chi connectivity index (χ3n) is 6.24. The smallest absolute Gasteiger partial charge is 0.417 e. The van der Waals surface area contributed by atoms with Crippen LogP contribution in [0.15, 0.2) is 43.1 Å². The van der Waals surface area contributed by atoms with Gasteiger partial charge in [-0.1, -0.05) is 13.0 Å². The van der Waals surface area contributed by atoms with Gasteiger partial charge in [0.1, 0.15) is 18.8 Å². The summed E-state index contributed by atoms with van der Waals surface area (Å²) in [4.78, 5) is 21.1. The maximum absolute atomic E-state index is 14.4. The molecule has 186 valence electrons. The Bertz CT molecular complexity index is 1220. The molecule has 1 saturated heterocycles. The highest BCUT2D eigenvalue weighted by Gasteiger charge is 2.65. The van der Waals surface area contributed by atoms with E-state index < -0.39 is 53.0 Å². The Morgan fingerprint density at radius 3 is 2.54 bits per heavy atom. The minimum atomic E-state index is -4.85. The number of hydrogen-bond acceptors (Lipinski definition) is 6. The molecule has 1 aliphatic rings. The number of ether oxygens (including phenoxy) is 2. The molecule has 1 amide bonds. The first kappa shape index (κ1) is 24.5. The molecular weight excluding hydrogens is 477 g/mol. The van der Waals surface area contributed by atoms with E-state index in [0.29, 0.717) is 5.82 Å². The fourth-order valence-corrected chi connectivity index (χ4v) is 4.18.